The molecule has 4 nitrogen and oxygen atoms in total. The third-order valence-electron chi connectivity index (χ3n) is 2.41. The van der Waals surface area contributed by atoms with Gasteiger partial charge in [0.1, 0.15) is 5.75 Å². The van der Waals surface area contributed by atoms with E-state index in [1.807, 2.05) is 19.1 Å². The van der Waals surface area contributed by atoms with E-state index < -0.39 is 0 Å². The highest BCUT2D eigenvalue weighted by molar-refractivity contribution is 9.11. The van der Waals surface area contributed by atoms with Crippen LogP contribution in [0.25, 0.3) is 0 Å². The molecule has 19 heavy (non-hydrogen) atoms. The van der Waals surface area contributed by atoms with Crippen molar-refractivity contribution in [3.8, 4) is 5.75 Å². The van der Waals surface area contributed by atoms with Crippen LogP contribution >= 0.6 is 31.9 Å². The van der Waals surface area contributed by atoms with Crippen LogP contribution in [0.4, 0.5) is 5.69 Å². The number of carbonyl (C=O) groups excluding carboxylic acids is 1. The van der Waals surface area contributed by atoms with Crippen LogP contribution in [-0.4, -0.2) is 16.0 Å². The molecule has 0 fully saturated rings. The van der Waals surface area contributed by atoms with E-state index in [0.717, 1.165) is 14.5 Å². The summed E-state index contributed by atoms with van der Waals surface area (Å²) in [6.07, 6.45) is 2.67. The molecule has 0 saturated heterocycles. The van der Waals surface area contributed by atoms with E-state index in [2.05, 4.69) is 42.2 Å². The van der Waals surface area contributed by atoms with Gasteiger partial charge in [0.25, 0.3) is 5.91 Å². The van der Waals surface area contributed by atoms with E-state index in [4.69, 9.17) is 0 Å². The summed E-state index contributed by atoms with van der Waals surface area (Å²) < 4.78 is 1.56. The lowest BCUT2D eigenvalue weighted by Gasteiger charge is -2.10. The first-order valence-corrected chi connectivity index (χ1v) is 6.97. The fourth-order valence-electron chi connectivity index (χ4n) is 1.56. The van der Waals surface area contributed by atoms with Gasteiger partial charge in [-0.1, -0.05) is 0 Å². The molecular weight excluding hydrogens is 376 g/mol. The molecule has 1 amide bonds. The first kappa shape index (κ1) is 14.0. The van der Waals surface area contributed by atoms with Crippen molar-refractivity contribution < 1.29 is 9.90 Å². The number of benzene rings is 1. The molecule has 2 aromatic rings. The highest BCUT2D eigenvalue weighted by atomic mass is 79.9. The average Bonchev–Trinajstić information content (AvgIpc) is 2.33. The minimum Gasteiger partial charge on any atom is -0.506 e. The molecule has 0 saturated carbocycles. The third kappa shape index (κ3) is 3.33. The van der Waals surface area contributed by atoms with Crippen LogP contribution in [0.15, 0.2) is 39.5 Å². The van der Waals surface area contributed by atoms with Gasteiger partial charge >= 0.3 is 0 Å². The molecule has 0 radical (unpaired) electrons. The zero-order valence-corrected chi connectivity index (χ0v) is 13.1. The normalized spacial score (nSPS) is 10.3. The molecule has 0 aliphatic rings. The fraction of sp³-hybridized carbons (Fsp3) is 0.0769. The van der Waals surface area contributed by atoms with Crippen LogP contribution in [0.3, 0.4) is 0 Å². The maximum atomic E-state index is 12.1. The summed E-state index contributed by atoms with van der Waals surface area (Å²) in [5.41, 5.74) is 1.99. The number of rotatable bonds is 2. The Balaban J connectivity index is 2.29. The maximum Gasteiger partial charge on any atom is 0.257 e. The summed E-state index contributed by atoms with van der Waals surface area (Å²) in [4.78, 5) is 15.8. The average molecular weight is 386 g/mol. The highest BCUT2D eigenvalue weighted by Crippen LogP contribution is 2.32. The molecular formula is C13H10Br2N2O2. The SMILES string of the molecule is Cc1cc(Br)c(NC(=O)c2cncc(O)c2)c(Br)c1. The van der Waals surface area contributed by atoms with Gasteiger partial charge in [-0.15, -0.1) is 0 Å². The lowest BCUT2D eigenvalue weighted by Crippen LogP contribution is -2.13. The van der Waals surface area contributed by atoms with E-state index >= 15 is 0 Å². The molecule has 0 aliphatic heterocycles. The van der Waals surface area contributed by atoms with Crippen LogP contribution in [-0.2, 0) is 0 Å². The van der Waals surface area contributed by atoms with Gasteiger partial charge in [0.15, 0.2) is 0 Å². The molecule has 1 aromatic heterocycles. The van der Waals surface area contributed by atoms with Crippen molar-refractivity contribution in [2.75, 3.05) is 5.32 Å². The lowest BCUT2D eigenvalue weighted by molar-refractivity contribution is 0.102. The van der Waals surface area contributed by atoms with Gasteiger partial charge in [-0.2, -0.15) is 0 Å². The number of anilines is 1. The topological polar surface area (TPSA) is 62.2 Å². The summed E-state index contributed by atoms with van der Waals surface area (Å²) in [5, 5.41) is 12.1. The molecule has 98 valence electrons. The predicted molar refractivity (Wildman–Crippen MR) is 80.4 cm³/mol. The Hall–Kier alpha value is -1.40. The number of pyridine rings is 1. The number of amides is 1. The molecule has 0 atom stereocenters. The van der Waals surface area contributed by atoms with Gasteiger partial charge in [0, 0.05) is 15.1 Å². The van der Waals surface area contributed by atoms with Gasteiger partial charge in [0.2, 0.25) is 0 Å². The molecule has 1 heterocycles. The zero-order chi connectivity index (χ0) is 14.0. The largest absolute Gasteiger partial charge is 0.506 e. The van der Waals surface area contributed by atoms with E-state index in [1.165, 1.54) is 18.5 Å². The van der Waals surface area contributed by atoms with Gasteiger partial charge in [-0.05, 0) is 62.5 Å². The van der Waals surface area contributed by atoms with Crippen LogP contribution < -0.4 is 5.32 Å². The van der Waals surface area contributed by atoms with Crippen LogP contribution in [0.5, 0.6) is 5.75 Å². The molecule has 0 spiro atoms. The Labute approximate surface area is 127 Å². The van der Waals surface area contributed by atoms with Crippen molar-refractivity contribution in [2.24, 2.45) is 0 Å². The van der Waals surface area contributed by atoms with E-state index in [1.54, 1.807) is 0 Å². The number of nitrogens with one attached hydrogen (secondary N) is 1. The highest BCUT2D eigenvalue weighted by Gasteiger charge is 2.12. The van der Waals surface area contributed by atoms with Crippen molar-refractivity contribution in [2.45, 2.75) is 6.92 Å². The van der Waals surface area contributed by atoms with Crippen molar-refractivity contribution in [3.63, 3.8) is 0 Å². The Bertz CT molecular complexity index is 621. The number of nitrogens with zero attached hydrogens (tertiary/aromatic N) is 1. The quantitative estimate of drug-likeness (QED) is 0.824. The second-order valence-electron chi connectivity index (χ2n) is 3.99. The zero-order valence-electron chi connectivity index (χ0n) is 9.95. The summed E-state index contributed by atoms with van der Waals surface area (Å²) in [7, 11) is 0. The van der Waals surface area contributed by atoms with Crippen molar-refractivity contribution in [3.05, 3.63) is 50.7 Å². The van der Waals surface area contributed by atoms with Crippen LogP contribution in [0.2, 0.25) is 0 Å². The fourth-order valence-corrected chi connectivity index (χ4v) is 3.17. The first-order valence-electron chi connectivity index (χ1n) is 5.38. The standard InChI is InChI=1S/C13H10Br2N2O2/c1-7-2-10(14)12(11(15)3-7)17-13(19)8-4-9(18)6-16-5-8/h2-6,18H,1H3,(H,17,19). The minimum atomic E-state index is -0.339. The number of aromatic hydroxyl groups is 1. The Morgan fingerprint density at radius 2 is 1.84 bits per heavy atom. The van der Waals surface area contributed by atoms with E-state index in [9.17, 15) is 9.90 Å². The smallest absolute Gasteiger partial charge is 0.257 e. The number of aryl methyl sites for hydroxylation is 1. The summed E-state index contributed by atoms with van der Waals surface area (Å²) in [6, 6.07) is 5.17. The minimum absolute atomic E-state index is 0.0466. The maximum absolute atomic E-state index is 12.1. The van der Waals surface area contributed by atoms with Gasteiger partial charge in [0.05, 0.1) is 17.4 Å². The van der Waals surface area contributed by atoms with E-state index in [-0.39, 0.29) is 11.7 Å². The van der Waals surface area contributed by atoms with Crippen LogP contribution in [0.1, 0.15) is 15.9 Å². The number of halogens is 2. The second kappa shape index (κ2) is 5.71. The van der Waals surface area contributed by atoms with Crippen molar-refractivity contribution in [1.29, 1.82) is 0 Å². The van der Waals surface area contributed by atoms with Crippen molar-refractivity contribution in [1.82, 2.24) is 4.98 Å². The summed E-state index contributed by atoms with van der Waals surface area (Å²) >= 11 is 6.81. The summed E-state index contributed by atoms with van der Waals surface area (Å²) in [6.45, 7) is 1.96. The number of aromatic nitrogens is 1. The number of carbonyl (C=O) groups is 1. The van der Waals surface area contributed by atoms with Crippen molar-refractivity contribution >= 4 is 43.5 Å². The van der Waals surface area contributed by atoms with Gasteiger partial charge in [-0.25, -0.2) is 0 Å². The lowest BCUT2D eigenvalue weighted by atomic mass is 10.2. The summed E-state index contributed by atoms with van der Waals surface area (Å²) in [5.74, 6) is -0.386. The monoisotopic (exact) mass is 384 g/mol. The molecule has 2 N–H and O–H groups in total. The molecule has 0 bridgehead atoms. The first-order chi connectivity index (χ1) is 8.97. The Kier molecular flexibility index (Phi) is 4.21. The number of hydrogen-bond donors (Lipinski definition) is 2. The molecule has 1 aromatic carbocycles. The van der Waals surface area contributed by atoms with Gasteiger partial charge in [-0.3, -0.25) is 9.78 Å². The van der Waals surface area contributed by atoms with Crippen LogP contribution in [0, 0.1) is 6.92 Å². The second-order valence-corrected chi connectivity index (χ2v) is 5.70. The predicted octanol–water partition coefficient (Wildman–Crippen LogP) is 3.87. The third-order valence-corrected chi connectivity index (χ3v) is 3.66. The van der Waals surface area contributed by atoms with E-state index in [0.29, 0.717) is 11.3 Å². The molecule has 2 rings (SSSR count). The Morgan fingerprint density at radius 3 is 2.42 bits per heavy atom. The van der Waals surface area contributed by atoms with Gasteiger partial charge < -0.3 is 10.4 Å². The molecule has 0 unspecified atom stereocenters. The number of hydrogen-bond acceptors (Lipinski definition) is 3. The molecule has 0 aliphatic carbocycles. The Morgan fingerprint density at radius 1 is 1.21 bits per heavy atom. The molecule has 6 heteroatoms.